The third-order valence-corrected chi connectivity index (χ3v) is 9.09. The normalized spacial score (nSPS) is 16.8. The molecule has 17 nitrogen and oxygen atoms in total. The van der Waals surface area contributed by atoms with Gasteiger partial charge in [-0.25, -0.2) is 14.8 Å². The molecule has 51 heavy (non-hydrogen) atoms. The minimum absolute atomic E-state index is 0.0165. The molecule has 1 N–H and O–H groups in total. The Balaban J connectivity index is 1.57. The molecule has 0 aliphatic carbocycles. The second kappa shape index (κ2) is 19.0. The fourth-order valence-electron chi connectivity index (χ4n) is 5.33. The lowest BCUT2D eigenvalue weighted by Crippen LogP contribution is -2.56. The molecule has 2 aliphatic heterocycles. The summed E-state index contributed by atoms with van der Waals surface area (Å²) in [7, 11) is -1.24. The maximum absolute atomic E-state index is 13.9. The van der Waals surface area contributed by atoms with E-state index in [2.05, 4.69) is 10.3 Å². The Morgan fingerprint density at radius 1 is 0.961 bits per heavy atom. The van der Waals surface area contributed by atoms with Gasteiger partial charge in [0.2, 0.25) is 12.1 Å². The quantitative estimate of drug-likeness (QED) is 0.122. The molecule has 3 amide bonds. The smallest absolute Gasteiger partial charge is 0.449 e. The van der Waals surface area contributed by atoms with Gasteiger partial charge < -0.3 is 39.0 Å². The summed E-state index contributed by atoms with van der Waals surface area (Å²) in [5.41, 5.74) is 0.610. The summed E-state index contributed by atoms with van der Waals surface area (Å²) in [4.78, 5) is 77.5. The first kappa shape index (κ1) is 39.1. The van der Waals surface area contributed by atoms with Gasteiger partial charge in [-0.05, 0) is 17.4 Å². The number of piperazine rings is 1. The Morgan fingerprint density at radius 3 is 2.24 bits per heavy atom. The molecule has 0 bridgehead atoms. The van der Waals surface area contributed by atoms with Crippen molar-refractivity contribution in [3.8, 4) is 11.4 Å². The molecule has 2 saturated heterocycles. The molecular formula is C33H44N6O11P+. The summed E-state index contributed by atoms with van der Waals surface area (Å²) in [5, 5.41) is 2.65. The molecule has 18 heteroatoms. The van der Waals surface area contributed by atoms with Crippen LogP contribution in [0.4, 0.5) is 10.6 Å². The lowest BCUT2D eigenvalue weighted by atomic mass is 10.2. The van der Waals surface area contributed by atoms with Gasteiger partial charge in [0, 0.05) is 71.9 Å². The number of aromatic nitrogens is 2. The molecule has 0 spiro atoms. The van der Waals surface area contributed by atoms with E-state index >= 15 is 0 Å². The Labute approximate surface area is 296 Å². The second-order valence-electron chi connectivity index (χ2n) is 11.8. The van der Waals surface area contributed by atoms with Crippen LogP contribution in [0, 0.1) is 0 Å². The van der Waals surface area contributed by atoms with Gasteiger partial charge in [-0.15, -0.1) is 0 Å². The van der Waals surface area contributed by atoms with Gasteiger partial charge in [-0.1, -0.05) is 48.2 Å². The number of unbranched alkanes of at least 4 members (excludes halogenated alkanes) is 1. The topological polar surface area (TPSA) is 196 Å². The van der Waals surface area contributed by atoms with E-state index in [0.717, 1.165) is 33.1 Å². The predicted octanol–water partition coefficient (Wildman–Crippen LogP) is 2.72. The number of carbonyl (C=O) groups is 5. The van der Waals surface area contributed by atoms with Crippen LogP contribution in [0.2, 0.25) is 0 Å². The van der Waals surface area contributed by atoms with Crippen LogP contribution < -0.4 is 10.2 Å². The zero-order chi connectivity index (χ0) is 36.9. The van der Waals surface area contributed by atoms with Crippen LogP contribution in [-0.2, 0) is 42.4 Å². The molecule has 1 aromatic carbocycles. The van der Waals surface area contributed by atoms with Crippen LogP contribution in [0.1, 0.15) is 50.5 Å². The van der Waals surface area contributed by atoms with Crippen LogP contribution in [0.5, 0.6) is 0 Å². The Morgan fingerprint density at radius 2 is 1.63 bits per heavy atom. The number of rotatable bonds is 15. The Hall–Kier alpha value is -4.73. The van der Waals surface area contributed by atoms with Gasteiger partial charge in [0.05, 0.1) is 12.7 Å². The van der Waals surface area contributed by atoms with E-state index in [1.165, 1.54) is 15.9 Å². The number of methoxy groups -OCH3 is 1. The van der Waals surface area contributed by atoms with Crippen molar-refractivity contribution in [2.45, 2.75) is 58.7 Å². The largest absolute Gasteiger partial charge is 0.518 e. The van der Waals surface area contributed by atoms with Crippen LogP contribution >= 0.6 is 8.03 Å². The van der Waals surface area contributed by atoms with E-state index in [1.807, 2.05) is 30.0 Å². The lowest BCUT2D eigenvalue weighted by Gasteiger charge is -2.35. The number of hydrogen-bond acceptors (Lipinski definition) is 14. The van der Waals surface area contributed by atoms with Crippen molar-refractivity contribution in [3.63, 3.8) is 0 Å². The average molecular weight is 732 g/mol. The first-order chi connectivity index (χ1) is 24.5. The number of hydrogen-bond donors (Lipinski definition) is 1. The van der Waals surface area contributed by atoms with Crippen molar-refractivity contribution >= 4 is 43.7 Å². The molecule has 2 fully saturated rings. The van der Waals surface area contributed by atoms with E-state index in [4.69, 9.17) is 28.5 Å². The van der Waals surface area contributed by atoms with Crippen LogP contribution in [0.3, 0.4) is 0 Å². The van der Waals surface area contributed by atoms with E-state index in [9.17, 15) is 28.5 Å². The molecule has 3 atom stereocenters. The van der Waals surface area contributed by atoms with E-state index < -0.39 is 56.6 Å². The minimum Gasteiger partial charge on any atom is -0.449 e. The fraction of sp³-hybridized carbons (Fsp3) is 0.545. The fourth-order valence-corrected chi connectivity index (χ4v) is 6.24. The maximum atomic E-state index is 13.9. The van der Waals surface area contributed by atoms with Gasteiger partial charge >= 0.3 is 32.5 Å². The van der Waals surface area contributed by atoms with Gasteiger partial charge in [-0.3, -0.25) is 19.2 Å². The first-order valence-corrected chi connectivity index (χ1v) is 18.0. The highest BCUT2D eigenvalue weighted by Crippen LogP contribution is 2.29. The third-order valence-electron chi connectivity index (χ3n) is 8.02. The SMILES string of the molecule is CCCCOC(=O)N1CCN(C(=O)C(C[P+](=O)OC(OC(C)=O)OC(C)=O)NC(=O)c2cc(N3CCC(OC)C3)nc(-c3ccccc3)n2)CC1. The predicted molar refractivity (Wildman–Crippen MR) is 182 cm³/mol. The number of carbonyl (C=O) groups excluding carboxylic acids is 5. The Kier molecular flexibility index (Phi) is 14.6. The van der Waals surface area contributed by atoms with Crippen LogP contribution in [0.15, 0.2) is 36.4 Å². The maximum Gasteiger partial charge on any atom is 0.518 e. The number of benzene rings is 1. The zero-order valence-electron chi connectivity index (χ0n) is 29.1. The molecular weight excluding hydrogens is 687 g/mol. The highest BCUT2D eigenvalue weighted by molar-refractivity contribution is 7.39. The van der Waals surface area contributed by atoms with Gasteiger partial charge in [0.1, 0.15) is 11.5 Å². The Bertz CT molecular complexity index is 1540. The number of esters is 2. The molecule has 1 aromatic heterocycles. The zero-order valence-corrected chi connectivity index (χ0v) is 30.0. The van der Waals surface area contributed by atoms with E-state index in [-0.39, 0.29) is 43.8 Å². The first-order valence-electron chi connectivity index (χ1n) is 16.7. The number of nitrogens with zero attached hydrogens (tertiary/aromatic N) is 5. The van der Waals surface area contributed by atoms with Crippen molar-refractivity contribution in [1.29, 1.82) is 0 Å². The highest BCUT2D eigenvalue weighted by atomic mass is 31.1. The van der Waals surface area contributed by atoms with Gasteiger partial charge in [-0.2, -0.15) is 0 Å². The van der Waals surface area contributed by atoms with Crippen LogP contribution in [0.25, 0.3) is 11.4 Å². The van der Waals surface area contributed by atoms with Crippen molar-refractivity contribution in [2.75, 3.05) is 64.0 Å². The summed E-state index contributed by atoms with van der Waals surface area (Å²) in [5.74, 6) is -2.34. The highest BCUT2D eigenvalue weighted by Gasteiger charge is 2.40. The number of anilines is 1. The van der Waals surface area contributed by atoms with Gasteiger partial charge in [0.15, 0.2) is 11.9 Å². The van der Waals surface area contributed by atoms with Crippen LogP contribution in [-0.4, -0.2) is 127 Å². The molecule has 2 aliphatic rings. The summed E-state index contributed by atoms with van der Waals surface area (Å²) in [6, 6.07) is 9.17. The second-order valence-corrected chi connectivity index (χ2v) is 13.1. The summed E-state index contributed by atoms with van der Waals surface area (Å²) < 4.78 is 38.8. The summed E-state index contributed by atoms with van der Waals surface area (Å²) in [6.45, 7) is 4.16. The molecule has 2 aromatic rings. The van der Waals surface area contributed by atoms with E-state index in [1.54, 1.807) is 19.2 Å². The number of nitrogens with one attached hydrogen (secondary N) is 1. The number of amides is 3. The lowest BCUT2D eigenvalue weighted by molar-refractivity contribution is -0.231. The molecule has 4 rings (SSSR count). The monoisotopic (exact) mass is 731 g/mol. The number of ether oxygens (including phenoxy) is 4. The van der Waals surface area contributed by atoms with E-state index in [0.29, 0.717) is 31.1 Å². The minimum atomic E-state index is -2.87. The summed E-state index contributed by atoms with van der Waals surface area (Å²) in [6.07, 6.45) is 1.28. The van der Waals surface area contributed by atoms with Crippen molar-refractivity contribution in [1.82, 2.24) is 25.1 Å². The summed E-state index contributed by atoms with van der Waals surface area (Å²) >= 11 is 0. The molecule has 276 valence electrons. The van der Waals surface area contributed by atoms with Crippen molar-refractivity contribution in [3.05, 3.63) is 42.1 Å². The van der Waals surface area contributed by atoms with Gasteiger partial charge in [0.25, 0.3) is 5.91 Å². The average Bonchev–Trinajstić information content (AvgIpc) is 3.60. The standard InChI is InChI=1S/C33H43N6O11P/c1-5-6-18-47-32(44)38-16-14-37(15-17-38)31(43)27(21-51(45)50-33(48-22(2)40)49-23(3)41)35-30(42)26-19-28(39-13-12-25(20-39)46-4)36-29(34-26)24-10-8-7-9-11-24/h7-11,19,25,27,33H,5-6,12-18,20-21H2,1-4H3/p+1. The molecule has 3 unspecified atom stereocenters. The third kappa shape index (κ3) is 11.7. The van der Waals surface area contributed by atoms with Crippen molar-refractivity contribution < 1.29 is 52.0 Å². The van der Waals surface area contributed by atoms with Crippen molar-refractivity contribution in [2.24, 2.45) is 0 Å². The molecule has 0 radical (unpaired) electrons. The molecule has 3 heterocycles. The molecule has 0 saturated carbocycles.